The number of hydrazine groups is 2. The average Bonchev–Trinajstić information content (AvgIpc) is 2.97. The lowest BCUT2D eigenvalue weighted by Crippen LogP contribution is -2.54. The lowest BCUT2D eigenvalue weighted by molar-refractivity contribution is 0.0579. The molecule has 2 amide bonds. The first-order chi connectivity index (χ1) is 11.1. The summed E-state index contributed by atoms with van der Waals surface area (Å²) in [6.07, 6.45) is 0. The fourth-order valence-electron chi connectivity index (χ4n) is 2.73. The SMILES string of the molecule is N=C1c2ccccc2C(=O)N1NN1C(=N)c2ccccc2C1=O. The largest absolute Gasteiger partial charge is 0.283 e. The summed E-state index contributed by atoms with van der Waals surface area (Å²) >= 11 is 0. The van der Waals surface area contributed by atoms with Crippen LogP contribution in [0.4, 0.5) is 0 Å². The minimum atomic E-state index is -0.429. The third-order valence-corrected chi connectivity index (χ3v) is 3.88. The maximum Gasteiger partial charge on any atom is 0.276 e. The van der Waals surface area contributed by atoms with E-state index < -0.39 is 11.8 Å². The predicted molar refractivity (Wildman–Crippen MR) is 82.0 cm³/mol. The molecule has 2 aliphatic heterocycles. The molecule has 7 heteroatoms. The summed E-state index contributed by atoms with van der Waals surface area (Å²) in [6, 6.07) is 13.5. The van der Waals surface area contributed by atoms with E-state index >= 15 is 0 Å². The summed E-state index contributed by atoms with van der Waals surface area (Å²) in [6.45, 7) is 0. The molecule has 0 spiro atoms. The molecule has 0 radical (unpaired) electrons. The van der Waals surface area contributed by atoms with Gasteiger partial charge in [-0.25, -0.2) is 10.0 Å². The normalized spacial score (nSPS) is 16.2. The Morgan fingerprint density at radius 3 is 1.35 bits per heavy atom. The van der Waals surface area contributed by atoms with Crippen LogP contribution >= 0.6 is 0 Å². The van der Waals surface area contributed by atoms with Crippen LogP contribution in [-0.2, 0) is 0 Å². The summed E-state index contributed by atoms with van der Waals surface area (Å²) in [5, 5.41) is 18.2. The van der Waals surface area contributed by atoms with E-state index in [0.29, 0.717) is 22.3 Å². The van der Waals surface area contributed by atoms with Gasteiger partial charge in [0.05, 0.1) is 11.1 Å². The van der Waals surface area contributed by atoms with E-state index in [1.807, 2.05) is 0 Å². The number of hydrogen-bond acceptors (Lipinski definition) is 5. The highest BCUT2D eigenvalue weighted by atomic mass is 16.2. The molecule has 2 aliphatic rings. The smallest absolute Gasteiger partial charge is 0.276 e. The van der Waals surface area contributed by atoms with Gasteiger partial charge >= 0.3 is 0 Å². The lowest BCUT2D eigenvalue weighted by Gasteiger charge is -2.24. The molecule has 7 nitrogen and oxygen atoms in total. The Kier molecular flexibility index (Phi) is 2.66. The van der Waals surface area contributed by atoms with E-state index in [1.165, 1.54) is 0 Å². The Labute approximate surface area is 131 Å². The number of nitrogens with one attached hydrogen (secondary N) is 3. The zero-order valence-electron chi connectivity index (χ0n) is 11.8. The Morgan fingerprint density at radius 2 is 1.00 bits per heavy atom. The van der Waals surface area contributed by atoms with Crippen molar-refractivity contribution in [2.24, 2.45) is 0 Å². The molecule has 0 atom stereocenters. The number of amidine groups is 2. The third-order valence-electron chi connectivity index (χ3n) is 3.88. The fraction of sp³-hybridized carbons (Fsp3) is 0. The van der Waals surface area contributed by atoms with Gasteiger partial charge in [0, 0.05) is 11.1 Å². The van der Waals surface area contributed by atoms with Crippen LogP contribution in [0.15, 0.2) is 48.5 Å². The van der Waals surface area contributed by atoms with E-state index in [1.54, 1.807) is 48.5 Å². The molecule has 0 fully saturated rings. The van der Waals surface area contributed by atoms with Gasteiger partial charge in [-0.1, -0.05) is 36.4 Å². The Morgan fingerprint density at radius 1 is 0.652 bits per heavy atom. The van der Waals surface area contributed by atoms with Crippen molar-refractivity contribution in [2.45, 2.75) is 0 Å². The van der Waals surface area contributed by atoms with Crippen LogP contribution < -0.4 is 5.53 Å². The van der Waals surface area contributed by atoms with Crippen LogP contribution in [0.5, 0.6) is 0 Å². The molecule has 0 aliphatic carbocycles. The van der Waals surface area contributed by atoms with Crippen LogP contribution in [0.25, 0.3) is 0 Å². The minimum absolute atomic E-state index is 0.0536. The second kappa shape index (κ2) is 4.59. The van der Waals surface area contributed by atoms with E-state index in [-0.39, 0.29) is 11.7 Å². The number of carbonyl (C=O) groups excluding carboxylic acids is 2. The summed E-state index contributed by atoms with van der Waals surface area (Å²) in [5.74, 6) is -0.964. The molecule has 112 valence electrons. The van der Waals surface area contributed by atoms with Gasteiger partial charge in [0.15, 0.2) is 11.7 Å². The van der Waals surface area contributed by atoms with Gasteiger partial charge < -0.3 is 0 Å². The van der Waals surface area contributed by atoms with Crippen LogP contribution in [0.1, 0.15) is 31.8 Å². The van der Waals surface area contributed by atoms with Gasteiger partial charge in [-0.2, -0.15) is 0 Å². The molecule has 0 saturated carbocycles. The first-order valence-electron chi connectivity index (χ1n) is 6.90. The average molecular weight is 305 g/mol. The van der Waals surface area contributed by atoms with Gasteiger partial charge in [0.2, 0.25) is 0 Å². The fourth-order valence-corrected chi connectivity index (χ4v) is 2.73. The zero-order chi connectivity index (χ0) is 16.1. The molecule has 4 rings (SSSR count). The highest BCUT2D eigenvalue weighted by molar-refractivity contribution is 6.24. The monoisotopic (exact) mass is 305 g/mol. The highest BCUT2D eigenvalue weighted by Gasteiger charge is 2.39. The van der Waals surface area contributed by atoms with Gasteiger partial charge in [0.1, 0.15) is 0 Å². The molecule has 2 aromatic rings. The second-order valence-corrected chi connectivity index (χ2v) is 5.17. The number of amides is 2. The maximum atomic E-state index is 12.4. The zero-order valence-corrected chi connectivity index (χ0v) is 11.8. The van der Waals surface area contributed by atoms with Crippen molar-refractivity contribution >= 4 is 23.5 Å². The molecule has 0 aromatic heterocycles. The van der Waals surface area contributed by atoms with E-state index in [4.69, 9.17) is 10.8 Å². The predicted octanol–water partition coefficient (Wildman–Crippen LogP) is 1.37. The van der Waals surface area contributed by atoms with Gasteiger partial charge in [-0.05, 0) is 12.1 Å². The quantitative estimate of drug-likeness (QED) is 0.781. The molecular formula is C16H11N5O2. The van der Waals surface area contributed by atoms with Crippen molar-refractivity contribution in [1.82, 2.24) is 15.6 Å². The topological polar surface area (TPSA) is 100 Å². The van der Waals surface area contributed by atoms with Crippen molar-refractivity contribution < 1.29 is 9.59 Å². The summed E-state index contributed by atoms with van der Waals surface area (Å²) < 4.78 is 0. The summed E-state index contributed by atoms with van der Waals surface area (Å²) in [7, 11) is 0. The minimum Gasteiger partial charge on any atom is -0.283 e. The number of rotatable bonds is 2. The maximum absolute atomic E-state index is 12.4. The standard InChI is InChI=1S/C16H11N5O2/c17-13-9-5-1-3-7-11(9)15(22)20(13)19-21-14(18)10-6-2-4-8-12(10)16(21)23/h1-8,17-19H. The number of fused-ring (bicyclic) bond motifs is 2. The molecule has 23 heavy (non-hydrogen) atoms. The van der Waals surface area contributed by atoms with Crippen LogP contribution in [-0.4, -0.2) is 33.5 Å². The molecule has 2 heterocycles. The molecule has 0 unspecified atom stereocenters. The van der Waals surface area contributed by atoms with E-state index in [0.717, 1.165) is 10.0 Å². The highest BCUT2D eigenvalue weighted by Crippen LogP contribution is 2.24. The number of nitrogens with zero attached hydrogens (tertiary/aromatic N) is 2. The molecule has 0 bridgehead atoms. The van der Waals surface area contributed by atoms with Gasteiger partial charge in [-0.15, -0.1) is 5.53 Å². The van der Waals surface area contributed by atoms with Crippen molar-refractivity contribution in [1.29, 1.82) is 10.8 Å². The van der Waals surface area contributed by atoms with Crippen molar-refractivity contribution in [3.05, 3.63) is 70.8 Å². The van der Waals surface area contributed by atoms with Crippen molar-refractivity contribution in [2.75, 3.05) is 0 Å². The molecular weight excluding hydrogens is 294 g/mol. The van der Waals surface area contributed by atoms with E-state index in [9.17, 15) is 9.59 Å². The Bertz CT molecular complexity index is 761. The molecule has 3 N–H and O–H groups in total. The van der Waals surface area contributed by atoms with E-state index in [2.05, 4.69) is 5.53 Å². The summed E-state index contributed by atoms with van der Waals surface area (Å²) in [4.78, 5) is 24.8. The Hall–Kier alpha value is -3.32. The van der Waals surface area contributed by atoms with Crippen LogP contribution in [0.3, 0.4) is 0 Å². The summed E-state index contributed by atoms with van der Waals surface area (Å²) in [5.41, 5.74) is 4.34. The van der Waals surface area contributed by atoms with Crippen molar-refractivity contribution in [3.63, 3.8) is 0 Å². The first-order valence-corrected chi connectivity index (χ1v) is 6.90. The van der Waals surface area contributed by atoms with Gasteiger partial charge in [-0.3, -0.25) is 20.4 Å². The first kappa shape index (κ1) is 13.4. The molecule has 0 saturated heterocycles. The number of benzene rings is 2. The molecule has 2 aromatic carbocycles. The van der Waals surface area contributed by atoms with Crippen LogP contribution in [0, 0.1) is 10.8 Å². The third kappa shape index (κ3) is 1.74. The Balaban J connectivity index is 1.66. The lowest BCUT2D eigenvalue weighted by atomic mass is 10.1. The second-order valence-electron chi connectivity index (χ2n) is 5.17. The van der Waals surface area contributed by atoms with Crippen molar-refractivity contribution in [3.8, 4) is 0 Å². The number of carbonyl (C=O) groups is 2. The van der Waals surface area contributed by atoms with Gasteiger partial charge in [0.25, 0.3) is 11.8 Å². The van der Waals surface area contributed by atoms with Crippen LogP contribution in [0.2, 0.25) is 0 Å². The number of hydrogen-bond donors (Lipinski definition) is 3.